The molecule has 0 aromatic carbocycles. The molecule has 0 unspecified atom stereocenters. The summed E-state index contributed by atoms with van der Waals surface area (Å²) in [6.45, 7) is 16.3. The van der Waals surface area contributed by atoms with Crippen LogP contribution in [-0.2, 0) is 9.59 Å². The molecule has 6 aliphatic carbocycles. The Morgan fingerprint density at radius 1 is 0.833 bits per heavy atom. The van der Waals surface area contributed by atoms with Crippen LogP contribution in [0.15, 0.2) is 11.1 Å². The zero-order valence-electron chi connectivity index (χ0n) is 27.2. The summed E-state index contributed by atoms with van der Waals surface area (Å²) in [6.07, 6.45) is 8.04. The highest BCUT2D eigenvalue weighted by Crippen LogP contribution is 2.76. The van der Waals surface area contributed by atoms with Crippen LogP contribution >= 0.6 is 0 Å². The Morgan fingerprint density at radius 2 is 1.50 bits per heavy atom. The third-order valence-corrected chi connectivity index (χ3v) is 14.9. The molecule has 8 atom stereocenters. The molecule has 2 N–H and O–H groups in total. The van der Waals surface area contributed by atoms with Gasteiger partial charge in [-0.05, 0) is 121 Å². The van der Waals surface area contributed by atoms with Crippen molar-refractivity contribution >= 4 is 11.7 Å². The monoisotopic (exact) mass is 587 g/mol. The van der Waals surface area contributed by atoms with Gasteiger partial charge in [-0.1, -0.05) is 48.5 Å². The van der Waals surface area contributed by atoms with Crippen molar-refractivity contribution in [2.45, 2.75) is 150 Å². The molecule has 5 fully saturated rings. The molecule has 0 saturated heterocycles. The second-order valence-corrected chi connectivity index (χ2v) is 17.3. The van der Waals surface area contributed by atoms with Gasteiger partial charge in [0.15, 0.2) is 5.78 Å². The number of nitrogens with one attached hydrogen (secondary N) is 1. The lowest BCUT2D eigenvalue weighted by Gasteiger charge is -2.72. The van der Waals surface area contributed by atoms with E-state index >= 15 is 0 Å². The number of carbonyl (C=O) groups is 2. The number of ketones is 1. The number of hydrogen-bond donors (Lipinski definition) is 2. The fourth-order valence-corrected chi connectivity index (χ4v) is 12.4. The van der Waals surface area contributed by atoms with Crippen molar-refractivity contribution in [3.8, 4) is 0 Å². The van der Waals surface area contributed by atoms with Gasteiger partial charge in [0, 0.05) is 25.3 Å². The van der Waals surface area contributed by atoms with E-state index in [0.29, 0.717) is 31.1 Å². The smallest absolute Gasteiger partial charge is 0.248 e. The van der Waals surface area contributed by atoms with Crippen molar-refractivity contribution in [2.24, 2.45) is 50.7 Å². The fraction of sp³-hybridized carbons (Fsp3) is 0.889. The molecule has 236 valence electrons. The number of Topliss-reactive ketones (excluding diaryl/α,β-unsaturated/α-hetero) is 1. The van der Waals surface area contributed by atoms with Crippen LogP contribution in [0.4, 0.5) is 8.78 Å². The number of aliphatic hydroxyl groups excluding tert-OH is 1. The first-order valence-electron chi connectivity index (χ1n) is 17.1. The number of fused-ring (bicyclic) bond motifs is 7. The van der Waals surface area contributed by atoms with Crippen LogP contribution in [0.25, 0.3) is 0 Å². The molecule has 0 aromatic heterocycles. The van der Waals surface area contributed by atoms with Crippen LogP contribution in [0.1, 0.15) is 132 Å². The summed E-state index contributed by atoms with van der Waals surface area (Å²) in [4.78, 5) is 28.1. The van der Waals surface area contributed by atoms with E-state index in [-0.39, 0.29) is 76.6 Å². The van der Waals surface area contributed by atoms with Crippen molar-refractivity contribution in [3.63, 3.8) is 0 Å². The Balaban J connectivity index is 1.37. The van der Waals surface area contributed by atoms with Gasteiger partial charge in [0.05, 0.1) is 11.5 Å². The summed E-state index contributed by atoms with van der Waals surface area (Å²) in [5.41, 5.74) is 1.31. The predicted octanol–water partition coefficient (Wildman–Crippen LogP) is 8.02. The second kappa shape index (κ2) is 9.60. The lowest BCUT2D eigenvalue weighted by atomic mass is 9.33. The zero-order valence-corrected chi connectivity index (χ0v) is 27.2. The lowest BCUT2D eigenvalue weighted by molar-refractivity contribution is -0.228. The molecular weight excluding hydrogens is 532 g/mol. The van der Waals surface area contributed by atoms with Crippen molar-refractivity contribution in [3.05, 3.63) is 11.1 Å². The first-order chi connectivity index (χ1) is 19.4. The summed E-state index contributed by atoms with van der Waals surface area (Å²) < 4.78 is 27.8. The largest absolute Gasteiger partial charge is 0.393 e. The molecule has 0 heterocycles. The quantitative estimate of drug-likeness (QED) is 0.351. The first kappa shape index (κ1) is 30.7. The molecule has 0 aliphatic heterocycles. The zero-order chi connectivity index (χ0) is 30.7. The van der Waals surface area contributed by atoms with Crippen LogP contribution in [-0.4, -0.2) is 34.9 Å². The molecule has 6 aliphatic rings. The van der Waals surface area contributed by atoms with Gasteiger partial charge in [0.2, 0.25) is 11.8 Å². The highest BCUT2D eigenvalue weighted by Gasteiger charge is 2.70. The number of carbonyl (C=O) groups excluding carboxylic acids is 2. The third-order valence-electron chi connectivity index (χ3n) is 14.9. The lowest BCUT2D eigenvalue weighted by Crippen LogP contribution is -2.66. The average Bonchev–Trinajstić information content (AvgIpc) is 3.21. The SMILES string of the molecule is CC(C)C1=C2[C@H]3CC[C@@H]4[C@@]5(C)CC[C@H](O)C(C)(C)[C@@H]5CC[C@@]4(C)[C@]3(C)CC[C@@]2(C(=O)NC2CCC(F)(F)CC2)CC1=O. The molecule has 6 rings (SSSR count). The molecule has 6 heteroatoms. The Morgan fingerprint density at radius 3 is 2.14 bits per heavy atom. The van der Waals surface area contributed by atoms with Gasteiger partial charge in [0.25, 0.3) is 0 Å². The van der Waals surface area contributed by atoms with Crippen molar-refractivity contribution in [2.75, 3.05) is 0 Å². The second-order valence-electron chi connectivity index (χ2n) is 17.3. The van der Waals surface area contributed by atoms with Crippen LogP contribution in [0.5, 0.6) is 0 Å². The minimum Gasteiger partial charge on any atom is -0.393 e. The van der Waals surface area contributed by atoms with Crippen molar-refractivity contribution < 1.29 is 23.5 Å². The average molecular weight is 588 g/mol. The van der Waals surface area contributed by atoms with Crippen LogP contribution in [0, 0.1) is 50.7 Å². The third kappa shape index (κ3) is 4.04. The highest BCUT2D eigenvalue weighted by atomic mass is 19.3. The molecule has 0 aromatic rings. The number of amides is 1. The summed E-state index contributed by atoms with van der Waals surface area (Å²) in [5.74, 6) is -1.33. The Hall–Kier alpha value is -1.30. The maximum atomic E-state index is 14.3. The van der Waals surface area contributed by atoms with Gasteiger partial charge in [-0.25, -0.2) is 8.78 Å². The topological polar surface area (TPSA) is 66.4 Å². The summed E-state index contributed by atoms with van der Waals surface area (Å²) in [5, 5.41) is 14.2. The molecular formula is C36H55F2NO3. The molecule has 42 heavy (non-hydrogen) atoms. The maximum Gasteiger partial charge on any atom is 0.248 e. The van der Waals surface area contributed by atoms with Crippen LogP contribution in [0.3, 0.4) is 0 Å². The Bertz CT molecular complexity index is 1180. The van der Waals surface area contributed by atoms with Crippen LogP contribution in [0.2, 0.25) is 0 Å². The van der Waals surface area contributed by atoms with E-state index in [0.717, 1.165) is 56.1 Å². The Kier molecular flexibility index (Phi) is 7.02. The van der Waals surface area contributed by atoms with Crippen molar-refractivity contribution in [1.29, 1.82) is 0 Å². The summed E-state index contributed by atoms with van der Waals surface area (Å²) in [6, 6.07) is -0.243. The van der Waals surface area contributed by atoms with Gasteiger partial charge in [-0.3, -0.25) is 9.59 Å². The standard InChI is InChI=1S/C36H55F2NO3/c1-21(2)28-24(40)20-35(30(42)39-22-10-16-36(37,38)17-11-22)19-18-33(6)23(29(28)35)8-9-26-32(5)14-13-27(41)31(3,4)25(32)12-15-34(26,33)7/h21-23,25-27,41H,8-20H2,1-7H3,(H,39,42)/t23-,25+,26-,27+,32+,33-,34-,35-/m1/s1. The van der Waals surface area contributed by atoms with E-state index in [1.165, 1.54) is 0 Å². The predicted molar refractivity (Wildman–Crippen MR) is 161 cm³/mol. The minimum atomic E-state index is -2.64. The number of aliphatic hydroxyl groups is 1. The molecule has 5 saturated carbocycles. The normalized spacial score (nSPS) is 46.5. The molecule has 1 amide bonds. The number of alkyl halides is 2. The molecule has 0 bridgehead atoms. The Labute approximate surface area is 252 Å². The van der Waals surface area contributed by atoms with E-state index in [1.807, 2.05) is 0 Å². The van der Waals surface area contributed by atoms with Crippen LogP contribution < -0.4 is 5.32 Å². The molecule has 0 spiro atoms. The van der Waals surface area contributed by atoms with Gasteiger partial charge in [-0.2, -0.15) is 0 Å². The summed E-state index contributed by atoms with van der Waals surface area (Å²) in [7, 11) is 0. The molecule has 0 radical (unpaired) electrons. The fourth-order valence-electron chi connectivity index (χ4n) is 12.4. The first-order valence-corrected chi connectivity index (χ1v) is 17.1. The number of hydrogen-bond acceptors (Lipinski definition) is 3. The van der Waals surface area contributed by atoms with E-state index in [2.05, 4.69) is 53.8 Å². The van der Waals surface area contributed by atoms with E-state index in [9.17, 15) is 23.5 Å². The van der Waals surface area contributed by atoms with Crippen molar-refractivity contribution in [1.82, 2.24) is 5.32 Å². The van der Waals surface area contributed by atoms with Gasteiger partial charge >= 0.3 is 0 Å². The number of halogens is 2. The van der Waals surface area contributed by atoms with E-state index in [4.69, 9.17) is 0 Å². The summed E-state index contributed by atoms with van der Waals surface area (Å²) >= 11 is 0. The van der Waals surface area contributed by atoms with Gasteiger partial charge < -0.3 is 10.4 Å². The highest BCUT2D eigenvalue weighted by molar-refractivity contribution is 6.07. The molecule has 4 nitrogen and oxygen atoms in total. The number of allylic oxidation sites excluding steroid dienone is 1. The van der Waals surface area contributed by atoms with E-state index in [1.54, 1.807) is 0 Å². The van der Waals surface area contributed by atoms with Gasteiger partial charge in [-0.15, -0.1) is 0 Å². The van der Waals surface area contributed by atoms with Gasteiger partial charge in [0.1, 0.15) is 0 Å². The maximum absolute atomic E-state index is 14.3. The minimum absolute atomic E-state index is 0.0269. The number of rotatable bonds is 3. The van der Waals surface area contributed by atoms with E-state index < -0.39 is 11.3 Å².